The van der Waals surface area contributed by atoms with Crippen molar-refractivity contribution in [1.82, 2.24) is 0 Å². The van der Waals surface area contributed by atoms with E-state index >= 15 is 0 Å². The molecule has 0 spiro atoms. The van der Waals surface area contributed by atoms with Crippen LogP contribution < -0.4 is 0 Å². The molecule has 0 aromatic rings. The third-order valence-corrected chi connectivity index (χ3v) is 4.70. The van der Waals surface area contributed by atoms with Crippen molar-refractivity contribution in [2.24, 2.45) is 0 Å². The van der Waals surface area contributed by atoms with E-state index in [1.165, 1.54) is 6.08 Å². The fourth-order valence-corrected chi connectivity index (χ4v) is 3.76. The second kappa shape index (κ2) is 12.6. The predicted octanol–water partition coefficient (Wildman–Crippen LogP) is 3.02. The maximum absolute atomic E-state index is 11.5. The second-order valence-corrected chi connectivity index (χ2v) is 7.53. The summed E-state index contributed by atoms with van der Waals surface area (Å²) in [5.74, 6) is -0.406. The van der Waals surface area contributed by atoms with Crippen molar-refractivity contribution in [2.45, 2.75) is 59.4 Å². The van der Waals surface area contributed by atoms with Gasteiger partial charge in [0.2, 0.25) is 0 Å². The minimum atomic E-state index is -4.54. The van der Waals surface area contributed by atoms with Gasteiger partial charge in [-0.3, -0.25) is 4.52 Å². The third kappa shape index (κ3) is 10.1. The highest BCUT2D eigenvalue weighted by Gasteiger charge is 2.36. The summed E-state index contributed by atoms with van der Waals surface area (Å²) < 4.78 is 21.9. The van der Waals surface area contributed by atoms with Crippen LogP contribution in [0.1, 0.15) is 53.4 Å². The summed E-state index contributed by atoms with van der Waals surface area (Å²) in [6.07, 6.45) is 6.36. The number of ether oxygens (including phenoxy) is 1. The van der Waals surface area contributed by atoms with E-state index in [9.17, 15) is 9.36 Å². The van der Waals surface area contributed by atoms with Crippen LogP contribution in [-0.4, -0.2) is 59.1 Å². The van der Waals surface area contributed by atoms with E-state index in [0.717, 1.165) is 43.4 Å². The van der Waals surface area contributed by atoms with E-state index in [4.69, 9.17) is 19.0 Å². The molecule has 0 saturated carbocycles. The van der Waals surface area contributed by atoms with Gasteiger partial charge in [0.1, 0.15) is 12.6 Å². The van der Waals surface area contributed by atoms with E-state index in [0.29, 0.717) is 6.42 Å². The Kier molecular flexibility index (Phi) is 12.2. The number of carbonyl (C=O) groups excluding carboxylic acids is 1. The summed E-state index contributed by atoms with van der Waals surface area (Å²) in [6.45, 7) is 10.9. The van der Waals surface area contributed by atoms with Crippen LogP contribution in [0.2, 0.25) is 0 Å². The maximum atomic E-state index is 11.5. The Morgan fingerprint density at radius 1 is 1.12 bits per heavy atom. The summed E-state index contributed by atoms with van der Waals surface area (Å²) in [5, 5.41) is 0. The fraction of sp³-hybridized carbons (Fsp3) is 0.824. The fourth-order valence-electron chi connectivity index (χ4n) is 3.40. The first-order valence-electron chi connectivity index (χ1n) is 9.09. The Balaban J connectivity index is 5.24. The van der Waals surface area contributed by atoms with Gasteiger partial charge >= 0.3 is 13.8 Å². The van der Waals surface area contributed by atoms with Gasteiger partial charge in [0, 0.05) is 12.5 Å². The van der Waals surface area contributed by atoms with E-state index in [2.05, 4.69) is 20.8 Å². The van der Waals surface area contributed by atoms with Crippen LogP contribution in [0.15, 0.2) is 12.2 Å². The van der Waals surface area contributed by atoms with Crippen LogP contribution >= 0.6 is 7.82 Å². The highest BCUT2D eigenvalue weighted by molar-refractivity contribution is 7.46. The Bertz CT molecular complexity index is 431. The molecule has 1 atom stereocenters. The van der Waals surface area contributed by atoms with E-state index in [1.54, 1.807) is 13.0 Å². The number of phosphoric acid groups is 1. The zero-order valence-corrected chi connectivity index (χ0v) is 16.9. The van der Waals surface area contributed by atoms with Crippen LogP contribution in [0, 0.1) is 0 Å². The Morgan fingerprint density at radius 2 is 1.64 bits per heavy atom. The molecule has 7 nitrogen and oxygen atoms in total. The van der Waals surface area contributed by atoms with Crippen molar-refractivity contribution in [3.05, 3.63) is 12.2 Å². The lowest BCUT2D eigenvalue weighted by Crippen LogP contribution is -2.58. The highest BCUT2D eigenvalue weighted by Crippen LogP contribution is 2.37. The van der Waals surface area contributed by atoms with E-state index in [-0.39, 0.29) is 19.3 Å². The first kappa shape index (κ1) is 24.3. The second-order valence-electron chi connectivity index (χ2n) is 6.29. The van der Waals surface area contributed by atoms with Gasteiger partial charge in [0.05, 0.1) is 26.2 Å². The van der Waals surface area contributed by atoms with Gasteiger partial charge in [0.25, 0.3) is 0 Å². The molecule has 0 amide bonds. The lowest BCUT2D eigenvalue weighted by atomic mass is 10.1. The van der Waals surface area contributed by atoms with Gasteiger partial charge in [-0.2, -0.15) is 0 Å². The smallest absolute Gasteiger partial charge is 0.462 e. The molecule has 0 aromatic heterocycles. The topological polar surface area (TPSA) is 93.1 Å². The van der Waals surface area contributed by atoms with Crippen LogP contribution in [0.5, 0.6) is 0 Å². The average Bonchev–Trinajstić information content (AvgIpc) is 2.50. The van der Waals surface area contributed by atoms with Gasteiger partial charge < -0.3 is 19.0 Å². The first-order valence-corrected chi connectivity index (χ1v) is 10.6. The average molecular weight is 380 g/mol. The Labute approximate surface area is 151 Å². The molecule has 148 valence electrons. The molecule has 0 fully saturated rings. The third-order valence-electron chi connectivity index (χ3n) is 4.21. The number of quaternary nitrogens is 1. The van der Waals surface area contributed by atoms with Gasteiger partial charge in [-0.25, -0.2) is 9.36 Å². The van der Waals surface area contributed by atoms with Crippen molar-refractivity contribution < 1.29 is 32.9 Å². The van der Waals surface area contributed by atoms with Crippen LogP contribution in [0.25, 0.3) is 0 Å². The number of phosphoric ester groups is 1. The largest absolute Gasteiger partial charge is 0.469 e. The molecule has 8 heteroatoms. The number of rotatable bonds is 14. The van der Waals surface area contributed by atoms with Crippen molar-refractivity contribution in [3.63, 3.8) is 0 Å². The van der Waals surface area contributed by atoms with Crippen molar-refractivity contribution in [1.29, 1.82) is 0 Å². The zero-order chi connectivity index (χ0) is 19.3. The number of hydrogen-bond donors (Lipinski definition) is 2. The lowest BCUT2D eigenvalue weighted by molar-refractivity contribution is -0.952. The minimum Gasteiger partial charge on any atom is -0.462 e. The van der Waals surface area contributed by atoms with Crippen LogP contribution in [0.3, 0.4) is 0 Å². The van der Waals surface area contributed by atoms with Gasteiger partial charge in [-0.15, -0.1) is 0 Å². The summed E-state index contributed by atoms with van der Waals surface area (Å²) in [7, 11) is -4.54. The molecule has 0 aliphatic heterocycles. The van der Waals surface area contributed by atoms with Crippen LogP contribution in [0.4, 0.5) is 0 Å². The molecule has 0 aromatic carbocycles. The standard InChI is InChI=1S/C17H34NO6P/c1-5-9-17(19)23-14-10-16(15-24-25(20,21)22)18(11-6-2,12-7-3)13-8-4/h5,9,16H,6-8,10-15H2,1-4H3,(H-,20,21,22)/p+1. The van der Waals surface area contributed by atoms with Gasteiger partial charge in [-0.1, -0.05) is 26.8 Å². The number of carbonyl (C=O) groups is 1. The molecule has 0 rings (SSSR count). The molecular formula is C17H35NO6P+. The molecule has 0 aliphatic carbocycles. The monoisotopic (exact) mass is 380 g/mol. The summed E-state index contributed by atoms with van der Waals surface area (Å²) in [6, 6.07) is -0.133. The first-order chi connectivity index (χ1) is 11.7. The molecule has 1 unspecified atom stereocenters. The van der Waals surface area contributed by atoms with E-state index in [1.807, 2.05) is 0 Å². The van der Waals surface area contributed by atoms with E-state index < -0.39 is 13.8 Å². The molecule has 2 N–H and O–H groups in total. The molecule has 25 heavy (non-hydrogen) atoms. The quantitative estimate of drug-likeness (QED) is 0.208. The number of esters is 1. The Morgan fingerprint density at radius 3 is 2.04 bits per heavy atom. The molecule has 0 aliphatic rings. The lowest BCUT2D eigenvalue weighted by Gasteiger charge is -2.45. The molecule has 0 saturated heterocycles. The maximum Gasteiger partial charge on any atom is 0.469 e. The molecule has 0 bridgehead atoms. The van der Waals surface area contributed by atoms with Crippen LogP contribution in [-0.2, 0) is 18.6 Å². The van der Waals surface area contributed by atoms with Gasteiger partial charge in [0.15, 0.2) is 0 Å². The number of nitrogens with zero attached hydrogens (tertiary/aromatic N) is 1. The molecule has 0 radical (unpaired) electrons. The summed E-state index contributed by atoms with van der Waals surface area (Å²) in [4.78, 5) is 29.7. The highest BCUT2D eigenvalue weighted by atomic mass is 31.2. The zero-order valence-electron chi connectivity index (χ0n) is 16.0. The van der Waals surface area contributed by atoms with Crippen molar-refractivity contribution in [2.75, 3.05) is 32.8 Å². The Hall–Kier alpha value is -0.720. The predicted molar refractivity (Wildman–Crippen MR) is 97.9 cm³/mol. The number of hydrogen-bond acceptors (Lipinski definition) is 4. The molecule has 0 heterocycles. The number of allylic oxidation sites excluding steroid dienone is 1. The van der Waals surface area contributed by atoms with Gasteiger partial charge in [-0.05, 0) is 26.2 Å². The minimum absolute atomic E-state index is 0.0502. The van der Waals surface area contributed by atoms with Crippen molar-refractivity contribution >= 4 is 13.8 Å². The summed E-state index contributed by atoms with van der Waals surface area (Å²) >= 11 is 0. The molecular weight excluding hydrogens is 345 g/mol. The summed E-state index contributed by atoms with van der Waals surface area (Å²) in [5.41, 5.74) is 0. The van der Waals surface area contributed by atoms with Crippen molar-refractivity contribution in [3.8, 4) is 0 Å². The normalized spacial score (nSPS) is 14.0. The SMILES string of the molecule is CC=CC(=O)OCCC(COP(=O)(O)O)[N+](CCC)(CCC)CCC.